The van der Waals surface area contributed by atoms with Crippen LogP contribution in [0.15, 0.2) is 0 Å². The Morgan fingerprint density at radius 2 is 1.33 bits per heavy atom. The third kappa shape index (κ3) is 41.2. The Morgan fingerprint density at radius 1 is 1.33 bits per heavy atom. The molecule has 0 spiro atoms. The molecule has 0 fully saturated rings. The predicted molar refractivity (Wildman–Crippen MR) is 36.8 cm³/mol. The Balaban J connectivity index is 0. The molecule has 0 saturated heterocycles. The van der Waals surface area contributed by atoms with Crippen molar-refractivity contribution in [2.75, 3.05) is 6.67 Å². The molecule has 0 bridgehead atoms. The van der Waals surface area contributed by atoms with E-state index >= 15 is 0 Å². The quantitative estimate of drug-likeness (QED) is 0.440. The van der Waals surface area contributed by atoms with E-state index in [4.69, 9.17) is 0 Å². The number of hydrogen-bond acceptors (Lipinski definition) is 2. The fraction of sp³-hybridized carbons (Fsp3) is 1.00. The van der Waals surface area contributed by atoms with E-state index in [1.807, 2.05) is 0 Å². The first-order chi connectivity index (χ1) is 2.83. The molecule has 0 aromatic heterocycles. The van der Waals surface area contributed by atoms with Gasteiger partial charge in [0.15, 0.2) is 0 Å². The molecule has 4 N–H and O–H groups in total. The van der Waals surface area contributed by atoms with E-state index in [1.165, 1.54) is 0 Å². The summed E-state index contributed by atoms with van der Waals surface area (Å²) < 4.78 is 0. The second-order valence-corrected chi connectivity index (χ2v) is 17.2. The Morgan fingerprint density at radius 3 is 1.33 bits per heavy atom. The molecule has 0 atom stereocenters. The first-order valence-corrected chi connectivity index (χ1v) is 18.1. The summed E-state index contributed by atoms with van der Waals surface area (Å²) in [6.07, 6.45) is 0. The van der Waals surface area contributed by atoms with Crippen molar-refractivity contribution < 1.29 is 0 Å². The zero-order valence-electron chi connectivity index (χ0n) is 3.12. The number of nitrogens with two attached hydrogens (primary N) is 2. The standard InChI is InChI=1S/CH6N2.2BrH.Pb/c2-1-3;;;/h1-3H2;2*1H;/q;;;+2/p-2. The van der Waals surface area contributed by atoms with Crippen LogP contribution in [0.4, 0.5) is 0 Å². The van der Waals surface area contributed by atoms with Gasteiger partial charge in [0.05, 0.1) is 0 Å². The Hall–Kier alpha value is 1.80. The van der Waals surface area contributed by atoms with Crippen LogP contribution in [0.2, 0.25) is 0 Å². The summed E-state index contributed by atoms with van der Waals surface area (Å²) in [5.74, 6) is 0. The van der Waals surface area contributed by atoms with Crippen molar-refractivity contribution >= 4 is 43.4 Å². The molecule has 0 heterocycles. The van der Waals surface area contributed by atoms with Crippen molar-refractivity contribution in [3.63, 3.8) is 0 Å². The first kappa shape index (κ1) is 10.7. The molecular weight excluding hydrogens is 407 g/mol. The van der Waals surface area contributed by atoms with Gasteiger partial charge in [0, 0.05) is 6.67 Å². The summed E-state index contributed by atoms with van der Waals surface area (Å²) in [4.78, 5) is 0. The SMILES string of the molecule is NCN.[Br][Pb][Br]. The number of halogens is 2. The molecule has 0 saturated carbocycles. The second kappa shape index (κ2) is 15.8. The summed E-state index contributed by atoms with van der Waals surface area (Å²) in [5, 5.41) is 0. The van der Waals surface area contributed by atoms with Crippen molar-refractivity contribution in [3.8, 4) is 0 Å². The monoisotopic (exact) mass is 412 g/mol. The molecule has 0 aliphatic rings. The zero-order chi connectivity index (χ0) is 5.41. The predicted octanol–water partition coefficient (Wildman–Crippen LogP) is 0.172. The summed E-state index contributed by atoms with van der Waals surface area (Å²) in [7, 11) is 0. The second-order valence-electron chi connectivity index (χ2n) is 0.307. The molecule has 0 unspecified atom stereocenters. The average Bonchev–Trinajstić information content (AvgIpc) is 1.39. The molecule has 0 aliphatic heterocycles. The maximum absolute atomic E-state index is 4.62. The molecular formula is CH6Br2N2Pb. The van der Waals surface area contributed by atoms with E-state index in [-0.39, 0.29) is 26.1 Å². The summed E-state index contributed by atoms with van der Waals surface area (Å²) >= 11 is 6.22. The molecule has 0 amide bonds. The summed E-state index contributed by atoms with van der Waals surface area (Å²) in [5.41, 5.74) is 9.25. The normalized spacial score (nSPS) is 6.00. The fourth-order valence-corrected chi connectivity index (χ4v) is 0. The van der Waals surface area contributed by atoms with Crippen molar-refractivity contribution in [2.45, 2.75) is 0 Å². The molecule has 0 aromatic rings. The van der Waals surface area contributed by atoms with Crippen LogP contribution in [-0.2, 0) is 0 Å². The van der Waals surface area contributed by atoms with Gasteiger partial charge in [-0.15, -0.1) is 0 Å². The average molecular weight is 413 g/mol. The van der Waals surface area contributed by atoms with Gasteiger partial charge >= 0.3 is 43.4 Å². The zero-order valence-corrected chi connectivity index (χ0v) is 10.2. The van der Waals surface area contributed by atoms with Gasteiger partial charge in [-0.3, -0.25) is 0 Å². The molecule has 2 nitrogen and oxygen atoms in total. The molecule has 0 aliphatic carbocycles. The molecule has 6 heavy (non-hydrogen) atoms. The third-order valence-corrected chi connectivity index (χ3v) is 0. The van der Waals surface area contributed by atoms with Crippen molar-refractivity contribution in [1.82, 2.24) is 0 Å². The van der Waals surface area contributed by atoms with Gasteiger partial charge in [0.2, 0.25) is 0 Å². The van der Waals surface area contributed by atoms with Gasteiger partial charge in [0.25, 0.3) is 0 Å². The van der Waals surface area contributed by atoms with Gasteiger partial charge in [0.1, 0.15) is 0 Å². The molecule has 2 radical (unpaired) electrons. The third-order valence-electron chi connectivity index (χ3n) is 0. The number of hydrogen-bond donors (Lipinski definition) is 2. The van der Waals surface area contributed by atoms with Gasteiger partial charge in [-0.05, 0) is 0 Å². The maximum atomic E-state index is 4.62. The van der Waals surface area contributed by atoms with Gasteiger partial charge in [-0.1, -0.05) is 0 Å². The molecule has 38 valence electrons. The van der Waals surface area contributed by atoms with Gasteiger partial charge in [-0.2, -0.15) is 0 Å². The molecule has 0 aromatic carbocycles. The fourth-order valence-electron chi connectivity index (χ4n) is 0. The van der Waals surface area contributed by atoms with Crippen LogP contribution in [-0.4, -0.2) is 26.1 Å². The van der Waals surface area contributed by atoms with E-state index in [2.05, 4.69) is 35.4 Å². The van der Waals surface area contributed by atoms with Crippen LogP contribution in [0.3, 0.4) is 0 Å². The van der Waals surface area contributed by atoms with Crippen LogP contribution >= 0.6 is 24.0 Å². The summed E-state index contributed by atoms with van der Waals surface area (Å²) in [6, 6.07) is 0. The first-order valence-electron chi connectivity index (χ1n) is 1.19. The van der Waals surface area contributed by atoms with Gasteiger partial charge < -0.3 is 11.5 Å². The van der Waals surface area contributed by atoms with E-state index < -0.39 is 0 Å². The molecule has 5 heteroatoms. The topological polar surface area (TPSA) is 52.0 Å². The van der Waals surface area contributed by atoms with Crippen molar-refractivity contribution in [3.05, 3.63) is 0 Å². The summed E-state index contributed by atoms with van der Waals surface area (Å²) in [6.45, 7) is 0.250. The Labute approximate surface area is 60.9 Å². The molecule has 0 rings (SSSR count). The minimum atomic E-state index is -0.292. The van der Waals surface area contributed by atoms with E-state index in [1.54, 1.807) is 0 Å². The number of rotatable bonds is 0. The Bertz CT molecular complexity index is 13.5. The van der Waals surface area contributed by atoms with E-state index in [9.17, 15) is 0 Å². The van der Waals surface area contributed by atoms with Crippen LogP contribution in [0.5, 0.6) is 0 Å². The van der Waals surface area contributed by atoms with E-state index in [0.717, 1.165) is 0 Å². The van der Waals surface area contributed by atoms with Crippen molar-refractivity contribution in [1.29, 1.82) is 0 Å². The Kier molecular flexibility index (Phi) is 28.3. The van der Waals surface area contributed by atoms with Crippen molar-refractivity contribution in [2.24, 2.45) is 11.5 Å². The minimum absolute atomic E-state index is 0.250. The van der Waals surface area contributed by atoms with E-state index in [0.29, 0.717) is 0 Å². The van der Waals surface area contributed by atoms with Gasteiger partial charge in [-0.25, -0.2) is 0 Å². The van der Waals surface area contributed by atoms with Crippen LogP contribution in [0, 0.1) is 0 Å². The van der Waals surface area contributed by atoms with Crippen LogP contribution in [0.1, 0.15) is 0 Å². The van der Waals surface area contributed by atoms with Crippen LogP contribution < -0.4 is 11.5 Å². The van der Waals surface area contributed by atoms with Crippen LogP contribution in [0.25, 0.3) is 0 Å².